The Balaban J connectivity index is 2.94. The number of nitro groups is 3. The van der Waals surface area contributed by atoms with Crippen molar-refractivity contribution in [1.29, 1.82) is 0 Å². The number of hydrazine groups is 1. The highest BCUT2D eigenvalue weighted by Gasteiger charge is 2.39. The van der Waals surface area contributed by atoms with Crippen LogP contribution in [0.4, 0.5) is 5.95 Å². The lowest BCUT2D eigenvalue weighted by molar-refractivity contribution is -0.754. The molecule has 0 aliphatic heterocycles. The number of nitrogens with zero attached hydrogens (tertiary/aromatic N) is 5. The molecule has 0 amide bonds. The predicted molar refractivity (Wildman–Crippen MR) is 43.7 cm³/mol. The monoisotopic (exact) mass is 233 g/mol. The van der Waals surface area contributed by atoms with Crippen molar-refractivity contribution in [3.63, 3.8) is 0 Å². The van der Waals surface area contributed by atoms with Crippen LogP contribution in [0.1, 0.15) is 12.0 Å². The van der Waals surface area contributed by atoms with Crippen LogP contribution in [0.25, 0.3) is 0 Å². The number of anilines is 1. The fraction of sp³-hybridized carbons (Fsp3) is 0.333. The Kier molecular flexibility index (Phi) is 2.88. The summed E-state index contributed by atoms with van der Waals surface area (Å²) in [4.78, 5) is 31.3. The lowest BCUT2D eigenvalue weighted by Crippen LogP contribution is -2.21. The second kappa shape index (κ2) is 4.11. The molecule has 0 bridgehead atoms. The molecular formula is C3H3N7O6. The van der Waals surface area contributed by atoms with Gasteiger partial charge in [-0.25, -0.2) is 15.2 Å². The summed E-state index contributed by atoms with van der Waals surface area (Å²) in [6.07, 6.45) is -2.36. The van der Waals surface area contributed by atoms with Gasteiger partial charge in [0.2, 0.25) is 0 Å². The van der Waals surface area contributed by atoms with E-state index in [1.165, 1.54) is 5.43 Å². The molecule has 2 N–H and O–H groups in total. The van der Waals surface area contributed by atoms with Crippen LogP contribution in [0.5, 0.6) is 0 Å². The number of H-pyrrole nitrogens is 1. The van der Waals surface area contributed by atoms with Crippen LogP contribution in [0.15, 0.2) is 0 Å². The van der Waals surface area contributed by atoms with E-state index in [0.29, 0.717) is 0 Å². The van der Waals surface area contributed by atoms with Gasteiger partial charge in [0.05, 0.1) is 0 Å². The minimum Gasteiger partial charge on any atom is -0.258 e. The summed E-state index contributed by atoms with van der Waals surface area (Å²) < 4.78 is 0. The van der Waals surface area contributed by atoms with Gasteiger partial charge >= 0.3 is 12.0 Å². The summed E-state index contributed by atoms with van der Waals surface area (Å²) in [5.74, 6) is -1.31. The van der Waals surface area contributed by atoms with Crippen molar-refractivity contribution in [3.05, 3.63) is 36.2 Å². The lowest BCUT2D eigenvalue weighted by atomic mass is 10.5. The van der Waals surface area contributed by atoms with Gasteiger partial charge in [0.25, 0.3) is 5.95 Å². The molecule has 0 unspecified atom stereocenters. The fourth-order valence-electron chi connectivity index (χ4n) is 0.792. The molecule has 0 saturated carbocycles. The van der Waals surface area contributed by atoms with Crippen molar-refractivity contribution in [3.8, 4) is 0 Å². The van der Waals surface area contributed by atoms with Gasteiger partial charge in [-0.3, -0.25) is 20.2 Å². The minimum atomic E-state index is -2.36. The average molecular weight is 233 g/mol. The van der Waals surface area contributed by atoms with Gasteiger partial charge in [-0.1, -0.05) is 5.43 Å². The standard InChI is InChI=1S/C3H3N7O6/c11-8(12)2(9(13)14)1-4-3(6-5-1)7-10(15)16/h2H,(H2,4,5,6,7). The van der Waals surface area contributed by atoms with Crippen LogP contribution in [0, 0.1) is 30.3 Å². The predicted octanol–water partition coefficient (Wildman–Crippen LogP) is -1.04. The Morgan fingerprint density at radius 2 is 1.75 bits per heavy atom. The molecule has 0 aliphatic rings. The van der Waals surface area contributed by atoms with Gasteiger partial charge in [0, 0.05) is 0 Å². The number of aromatic amines is 1. The summed E-state index contributed by atoms with van der Waals surface area (Å²) >= 11 is 0. The molecule has 0 aromatic carbocycles. The third-order valence-electron chi connectivity index (χ3n) is 1.33. The van der Waals surface area contributed by atoms with Gasteiger partial charge in [-0.05, 0) is 0 Å². The molecule has 86 valence electrons. The van der Waals surface area contributed by atoms with E-state index in [0.717, 1.165) is 0 Å². The van der Waals surface area contributed by atoms with E-state index >= 15 is 0 Å². The van der Waals surface area contributed by atoms with E-state index in [2.05, 4.69) is 10.1 Å². The number of hydrogen-bond acceptors (Lipinski definition) is 8. The number of rotatable bonds is 5. The first-order valence-electron chi connectivity index (χ1n) is 3.52. The minimum absolute atomic E-state index is 0.534. The Morgan fingerprint density at radius 3 is 2.19 bits per heavy atom. The SMILES string of the molecule is O=[N+]([O-])Nc1nc(C([N+](=O)[O-])[N+](=O)[O-])n[nH]1. The quantitative estimate of drug-likeness (QED) is 0.364. The molecule has 1 aromatic rings. The zero-order valence-corrected chi connectivity index (χ0v) is 7.26. The molecule has 13 nitrogen and oxygen atoms in total. The second-order valence-electron chi connectivity index (χ2n) is 2.36. The molecule has 0 fully saturated rings. The lowest BCUT2D eigenvalue weighted by Gasteiger charge is -1.95. The van der Waals surface area contributed by atoms with E-state index in [-0.39, 0.29) is 0 Å². The zero-order chi connectivity index (χ0) is 12.3. The van der Waals surface area contributed by atoms with Crippen molar-refractivity contribution >= 4 is 5.95 Å². The zero-order valence-electron chi connectivity index (χ0n) is 7.26. The van der Waals surface area contributed by atoms with E-state index in [1.54, 1.807) is 0 Å². The molecule has 13 heteroatoms. The van der Waals surface area contributed by atoms with Crippen LogP contribution in [0.3, 0.4) is 0 Å². The van der Waals surface area contributed by atoms with Crippen LogP contribution < -0.4 is 5.43 Å². The summed E-state index contributed by atoms with van der Waals surface area (Å²) in [5.41, 5.74) is 1.51. The smallest absolute Gasteiger partial charge is 0.258 e. The Bertz CT molecular complexity index is 425. The van der Waals surface area contributed by atoms with E-state index in [4.69, 9.17) is 0 Å². The highest BCUT2D eigenvalue weighted by atomic mass is 16.7. The summed E-state index contributed by atoms with van der Waals surface area (Å²) in [5, 5.41) is 34.6. The number of nitrogens with one attached hydrogen (secondary N) is 2. The summed E-state index contributed by atoms with van der Waals surface area (Å²) in [6, 6.07) is 0. The molecule has 0 radical (unpaired) electrons. The van der Waals surface area contributed by atoms with Gasteiger partial charge < -0.3 is 0 Å². The highest BCUT2D eigenvalue weighted by molar-refractivity contribution is 5.18. The van der Waals surface area contributed by atoms with Crippen molar-refractivity contribution in [1.82, 2.24) is 15.2 Å². The third kappa shape index (κ3) is 2.34. The maximum absolute atomic E-state index is 10.3. The largest absolute Gasteiger partial charge is 0.511 e. The molecule has 1 rings (SSSR count). The van der Waals surface area contributed by atoms with E-state index in [9.17, 15) is 30.3 Å². The maximum Gasteiger partial charge on any atom is 0.511 e. The molecule has 0 spiro atoms. The maximum atomic E-state index is 10.3. The molecule has 1 aromatic heterocycles. The summed E-state index contributed by atoms with van der Waals surface area (Å²) in [6.45, 7) is 0. The molecule has 0 saturated heterocycles. The van der Waals surface area contributed by atoms with Crippen molar-refractivity contribution in [2.75, 3.05) is 5.43 Å². The Labute approximate surface area is 84.9 Å². The van der Waals surface area contributed by atoms with Crippen molar-refractivity contribution in [2.24, 2.45) is 0 Å². The van der Waals surface area contributed by atoms with Crippen LogP contribution in [-0.4, -0.2) is 30.1 Å². The molecule has 16 heavy (non-hydrogen) atoms. The fourth-order valence-corrected chi connectivity index (χ4v) is 0.792. The van der Waals surface area contributed by atoms with Crippen molar-refractivity contribution < 1.29 is 14.9 Å². The highest BCUT2D eigenvalue weighted by Crippen LogP contribution is 2.13. The molecule has 0 aliphatic carbocycles. The molecular weight excluding hydrogens is 230 g/mol. The van der Waals surface area contributed by atoms with Crippen LogP contribution in [-0.2, 0) is 0 Å². The second-order valence-corrected chi connectivity index (χ2v) is 2.36. The first kappa shape index (κ1) is 11.2. The Morgan fingerprint density at radius 1 is 1.19 bits per heavy atom. The summed E-state index contributed by atoms with van der Waals surface area (Å²) in [7, 11) is 0. The molecule has 0 atom stereocenters. The number of aromatic nitrogens is 3. The van der Waals surface area contributed by atoms with Crippen LogP contribution in [0.2, 0.25) is 0 Å². The first-order chi connectivity index (χ1) is 7.41. The normalized spacial score (nSPS) is 10.1. The van der Waals surface area contributed by atoms with E-state index in [1.807, 2.05) is 5.10 Å². The third-order valence-corrected chi connectivity index (χ3v) is 1.33. The molecule has 1 heterocycles. The van der Waals surface area contributed by atoms with Gasteiger partial charge in [-0.2, -0.15) is 4.98 Å². The number of hydrogen-bond donors (Lipinski definition) is 2. The topological polar surface area (TPSA) is 183 Å². The first-order valence-corrected chi connectivity index (χ1v) is 3.52. The van der Waals surface area contributed by atoms with Crippen LogP contribution >= 0.6 is 0 Å². The van der Waals surface area contributed by atoms with Gasteiger partial charge in [0.1, 0.15) is 9.85 Å². The van der Waals surface area contributed by atoms with Gasteiger partial charge in [-0.15, -0.1) is 5.10 Å². The Hall–Kier alpha value is -2.86. The average Bonchev–Trinajstić information content (AvgIpc) is 2.50. The van der Waals surface area contributed by atoms with E-state index < -0.39 is 32.8 Å². The van der Waals surface area contributed by atoms with Crippen molar-refractivity contribution in [2.45, 2.75) is 6.17 Å². The van der Waals surface area contributed by atoms with Gasteiger partial charge in [0.15, 0.2) is 5.03 Å².